The van der Waals surface area contributed by atoms with Crippen molar-refractivity contribution in [3.63, 3.8) is 0 Å². The van der Waals surface area contributed by atoms with E-state index in [9.17, 15) is 9.59 Å². The van der Waals surface area contributed by atoms with Gasteiger partial charge in [0.2, 0.25) is 0 Å². The highest BCUT2D eigenvalue weighted by Crippen LogP contribution is 2.15. The molecular formula is C23H21N3O2S. The summed E-state index contributed by atoms with van der Waals surface area (Å²) < 4.78 is 0. The van der Waals surface area contributed by atoms with E-state index in [0.29, 0.717) is 16.8 Å². The number of rotatable bonds is 5. The van der Waals surface area contributed by atoms with Gasteiger partial charge >= 0.3 is 0 Å². The average Bonchev–Trinajstić information content (AvgIpc) is 2.75. The standard InChI is InChI=1S/C23H21N3O2S/c1-16(17-9-4-2-5-10-17)24-22(28)19-13-8-14-20(15-19)25-23(29)26-21(27)18-11-6-3-7-12-18/h2-16H,1H3,(H,24,28)(H2,25,26,27,29). The molecule has 1 unspecified atom stereocenters. The Labute approximate surface area is 175 Å². The van der Waals surface area contributed by atoms with Gasteiger partial charge in [-0.1, -0.05) is 54.6 Å². The zero-order valence-corrected chi connectivity index (χ0v) is 16.7. The van der Waals surface area contributed by atoms with Crippen LogP contribution in [0.1, 0.15) is 39.2 Å². The molecule has 29 heavy (non-hydrogen) atoms. The van der Waals surface area contributed by atoms with Crippen molar-refractivity contribution < 1.29 is 9.59 Å². The van der Waals surface area contributed by atoms with E-state index in [1.54, 1.807) is 48.5 Å². The van der Waals surface area contributed by atoms with E-state index in [1.807, 2.05) is 43.3 Å². The van der Waals surface area contributed by atoms with Crippen LogP contribution in [0.5, 0.6) is 0 Å². The van der Waals surface area contributed by atoms with Crippen molar-refractivity contribution in [2.45, 2.75) is 13.0 Å². The van der Waals surface area contributed by atoms with Gasteiger partial charge in [0.15, 0.2) is 5.11 Å². The third-order valence-corrected chi connectivity index (χ3v) is 4.50. The summed E-state index contributed by atoms with van der Waals surface area (Å²) in [5.41, 5.74) is 2.65. The van der Waals surface area contributed by atoms with Crippen LogP contribution in [-0.2, 0) is 0 Å². The number of anilines is 1. The van der Waals surface area contributed by atoms with Gasteiger partial charge in [0, 0.05) is 16.8 Å². The first-order chi connectivity index (χ1) is 14.0. The lowest BCUT2D eigenvalue weighted by molar-refractivity contribution is 0.0938. The van der Waals surface area contributed by atoms with Crippen LogP contribution in [0, 0.1) is 0 Å². The topological polar surface area (TPSA) is 70.2 Å². The fourth-order valence-electron chi connectivity index (χ4n) is 2.77. The van der Waals surface area contributed by atoms with E-state index in [0.717, 1.165) is 5.56 Å². The third kappa shape index (κ3) is 5.73. The Balaban J connectivity index is 1.61. The molecule has 0 aromatic heterocycles. The van der Waals surface area contributed by atoms with Crippen molar-refractivity contribution in [3.8, 4) is 0 Å². The zero-order valence-electron chi connectivity index (χ0n) is 15.9. The van der Waals surface area contributed by atoms with Gasteiger partial charge in [-0.15, -0.1) is 0 Å². The molecule has 0 aliphatic rings. The lowest BCUT2D eigenvalue weighted by atomic mass is 10.1. The smallest absolute Gasteiger partial charge is 0.257 e. The van der Waals surface area contributed by atoms with Crippen molar-refractivity contribution in [3.05, 3.63) is 102 Å². The molecule has 0 saturated heterocycles. The lowest BCUT2D eigenvalue weighted by Gasteiger charge is -2.15. The van der Waals surface area contributed by atoms with Crippen LogP contribution in [-0.4, -0.2) is 16.9 Å². The second-order valence-corrected chi connectivity index (χ2v) is 6.87. The Kier molecular flexibility index (Phi) is 6.71. The molecule has 0 aliphatic heterocycles. The van der Waals surface area contributed by atoms with Crippen molar-refractivity contribution in [2.24, 2.45) is 0 Å². The van der Waals surface area contributed by atoms with Crippen LogP contribution in [0.2, 0.25) is 0 Å². The number of thiocarbonyl (C=S) groups is 1. The highest BCUT2D eigenvalue weighted by molar-refractivity contribution is 7.80. The highest BCUT2D eigenvalue weighted by atomic mass is 32.1. The summed E-state index contributed by atoms with van der Waals surface area (Å²) in [6.07, 6.45) is 0. The highest BCUT2D eigenvalue weighted by Gasteiger charge is 2.12. The van der Waals surface area contributed by atoms with Crippen LogP contribution in [0.4, 0.5) is 5.69 Å². The first kappa shape index (κ1) is 20.2. The van der Waals surface area contributed by atoms with E-state index in [2.05, 4.69) is 16.0 Å². The number of amides is 2. The molecule has 6 heteroatoms. The molecular weight excluding hydrogens is 382 g/mol. The summed E-state index contributed by atoms with van der Waals surface area (Å²) in [4.78, 5) is 24.8. The predicted molar refractivity (Wildman–Crippen MR) is 119 cm³/mol. The largest absolute Gasteiger partial charge is 0.346 e. The second-order valence-electron chi connectivity index (χ2n) is 6.46. The quantitative estimate of drug-likeness (QED) is 0.556. The van der Waals surface area contributed by atoms with Gasteiger partial charge in [0.25, 0.3) is 11.8 Å². The Morgan fingerprint density at radius 2 is 1.41 bits per heavy atom. The molecule has 0 fully saturated rings. The van der Waals surface area contributed by atoms with Gasteiger partial charge in [-0.25, -0.2) is 0 Å². The number of carbonyl (C=O) groups is 2. The molecule has 0 spiro atoms. The van der Waals surface area contributed by atoms with Crippen LogP contribution in [0.3, 0.4) is 0 Å². The van der Waals surface area contributed by atoms with E-state index in [4.69, 9.17) is 12.2 Å². The Morgan fingerprint density at radius 1 is 0.793 bits per heavy atom. The van der Waals surface area contributed by atoms with E-state index < -0.39 is 0 Å². The SMILES string of the molecule is CC(NC(=O)c1cccc(NC(=S)NC(=O)c2ccccc2)c1)c1ccccc1. The second kappa shape index (κ2) is 9.61. The summed E-state index contributed by atoms with van der Waals surface area (Å²) in [5.74, 6) is -0.488. The van der Waals surface area contributed by atoms with Gasteiger partial charge in [-0.05, 0) is 55.0 Å². The molecule has 5 nitrogen and oxygen atoms in total. The maximum atomic E-state index is 12.6. The number of hydrogen-bond acceptors (Lipinski definition) is 3. The Bertz CT molecular complexity index is 1010. The van der Waals surface area contributed by atoms with Crippen molar-refractivity contribution >= 4 is 34.8 Å². The fraction of sp³-hybridized carbons (Fsp3) is 0.0870. The van der Waals surface area contributed by atoms with Crippen molar-refractivity contribution in [1.82, 2.24) is 10.6 Å². The van der Waals surface area contributed by atoms with Crippen molar-refractivity contribution in [2.75, 3.05) is 5.32 Å². The van der Waals surface area contributed by atoms with E-state index in [-0.39, 0.29) is 23.0 Å². The average molecular weight is 404 g/mol. The minimum Gasteiger partial charge on any atom is -0.346 e. The Hall–Kier alpha value is -3.51. The van der Waals surface area contributed by atoms with Gasteiger partial charge in [0.1, 0.15) is 0 Å². The molecule has 3 N–H and O–H groups in total. The maximum Gasteiger partial charge on any atom is 0.257 e. The van der Waals surface area contributed by atoms with Crippen molar-refractivity contribution in [1.29, 1.82) is 0 Å². The normalized spacial score (nSPS) is 11.2. The van der Waals surface area contributed by atoms with Crippen LogP contribution in [0.25, 0.3) is 0 Å². The molecule has 146 valence electrons. The lowest BCUT2D eigenvalue weighted by Crippen LogP contribution is -2.34. The first-order valence-corrected chi connectivity index (χ1v) is 9.57. The van der Waals surface area contributed by atoms with Crippen LogP contribution >= 0.6 is 12.2 Å². The first-order valence-electron chi connectivity index (χ1n) is 9.16. The number of carbonyl (C=O) groups excluding carboxylic acids is 2. The molecule has 0 radical (unpaired) electrons. The molecule has 0 heterocycles. The van der Waals surface area contributed by atoms with Gasteiger partial charge in [-0.2, -0.15) is 0 Å². The molecule has 3 aromatic carbocycles. The summed E-state index contributed by atoms with van der Waals surface area (Å²) in [5, 5.41) is 8.71. The van der Waals surface area contributed by atoms with E-state index in [1.165, 1.54) is 0 Å². The van der Waals surface area contributed by atoms with Crippen LogP contribution < -0.4 is 16.0 Å². The fourth-order valence-corrected chi connectivity index (χ4v) is 2.98. The summed E-state index contributed by atoms with van der Waals surface area (Å²) >= 11 is 5.21. The maximum absolute atomic E-state index is 12.6. The van der Waals surface area contributed by atoms with Gasteiger partial charge in [-0.3, -0.25) is 14.9 Å². The number of benzene rings is 3. The minimum absolute atomic E-state index is 0.119. The molecule has 0 aliphatic carbocycles. The van der Waals surface area contributed by atoms with E-state index >= 15 is 0 Å². The van der Waals surface area contributed by atoms with Crippen LogP contribution in [0.15, 0.2) is 84.9 Å². The number of nitrogens with one attached hydrogen (secondary N) is 3. The molecule has 0 bridgehead atoms. The zero-order chi connectivity index (χ0) is 20.6. The number of hydrogen-bond donors (Lipinski definition) is 3. The third-order valence-electron chi connectivity index (χ3n) is 4.29. The Morgan fingerprint density at radius 3 is 2.10 bits per heavy atom. The molecule has 1 atom stereocenters. The summed E-state index contributed by atoms with van der Waals surface area (Å²) in [6.45, 7) is 1.93. The summed E-state index contributed by atoms with van der Waals surface area (Å²) in [6, 6.07) is 25.4. The molecule has 0 saturated carbocycles. The molecule has 3 aromatic rings. The summed E-state index contributed by atoms with van der Waals surface area (Å²) in [7, 11) is 0. The molecule has 3 rings (SSSR count). The molecule has 2 amide bonds. The monoisotopic (exact) mass is 403 g/mol. The minimum atomic E-state index is -0.298. The van der Waals surface area contributed by atoms with Gasteiger partial charge in [0.05, 0.1) is 6.04 Å². The predicted octanol–water partition coefficient (Wildman–Crippen LogP) is 4.30. The van der Waals surface area contributed by atoms with Gasteiger partial charge < -0.3 is 10.6 Å².